The highest BCUT2D eigenvalue weighted by Crippen LogP contribution is 2.19. The van der Waals surface area contributed by atoms with Crippen molar-refractivity contribution in [3.8, 4) is 0 Å². The average Bonchev–Trinajstić information content (AvgIpc) is 3.82. The van der Waals surface area contributed by atoms with Gasteiger partial charge in [-0.1, -0.05) is 48.5 Å². The standard InChI is InChI=1S/C37H51N11O4S/c1-3-40-37(53)48-43-16-10-9-15-31(34(50)45-27(20-38)18-26-21-41-30-14-8-7-13-29(26)30)46-35(51)32(17-25-11-5-4-6-12-25)47-36(52)33(44-24(2)49)19-28-22-39-23-42-28/h4-8,11-14,21-23,27,31-33,41,43H,3,9-10,15-20,38H2,1-2H3,(H,39,42)(H,44,49)(H,45,50)(H,46,51)(H,47,52)(H2,40,48,53)/t27-,31-,32+,33-/m0/s1. The minimum absolute atomic E-state index is 0.134. The van der Waals surface area contributed by atoms with Crippen LogP contribution >= 0.6 is 12.2 Å². The van der Waals surface area contributed by atoms with Gasteiger partial charge >= 0.3 is 0 Å². The molecule has 53 heavy (non-hydrogen) atoms. The fourth-order valence-electron chi connectivity index (χ4n) is 5.91. The number of nitrogens with two attached hydrogens (primary N) is 1. The number of unbranched alkanes of at least 4 members (excludes halogenated alkanes) is 1. The van der Waals surface area contributed by atoms with Crippen LogP contribution in [0.2, 0.25) is 0 Å². The van der Waals surface area contributed by atoms with E-state index in [0.29, 0.717) is 49.6 Å². The second-order valence-corrected chi connectivity index (χ2v) is 13.2. The Kier molecular flexibility index (Phi) is 16.2. The topological polar surface area (TPSA) is 223 Å². The number of aromatic nitrogens is 3. The fraction of sp³-hybridized carbons (Fsp3) is 0.405. The van der Waals surface area contributed by atoms with Gasteiger partial charge < -0.3 is 42.3 Å². The normalized spacial score (nSPS) is 13.3. The lowest BCUT2D eigenvalue weighted by atomic mass is 10.0. The predicted molar refractivity (Wildman–Crippen MR) is 208 cm³/mol. The van der Waals surface area contributed by atoms with E-state index in [2.05, 4.69) is 52.4 Å². The Morgan fingerprint density at radius 1 is 0.830 bits per heavy atom. The summed E-state index contributed by atoms with van der Waals surface area (Å²) in [6.07, 6.45) is 7.31. The maximum absolute atomic E-state index is 14.1. The Morgan fingerprint density at radius 2 is 1.53 bits per heavy atom. The summed E-state index contributed by atoms with van der Waals surface area (Å²) in [5.41, 5.74) is 15.6. The molecule has 2 aromatic carbocycles. The number of rotatable bonds is 21. The van der Waals surface area contributed by atoms with E-state index in [4.69, 9.17) is 18.0 Å². The van der Waals surface area contributed by atoms with E-state index in [1.807, 2.05) is 67.7 Å². The van der Waals surface area contributed by atoms with Gasteiger partial charge in [-0.15, -0.1) is 0 Å². The fourth-order valence-corrected chi connectivity index (χ4v) is 6.13. The van der Waals surface area contributed by atoms with Crippen molar-refractivity contribution < 1.29 is 19.2 Å². The molecular formula is C37H51N11O4S. The molecule has 0 fully saturated rings. The van der Waals surface area contributed by atoms with Gasteiger partial charge in [-0.25, -0.2) is 10.4 Å². The largest absolute Gasteiger partial charge is 0.362 e. The van der Waals surface area contributed by atoms with E-state index < -0.39 is 41.9 Å². The Hall–Kier alpha value is -5.32. The van der Waals surface area contributed by atoms with E-state index in [1.54, 1.807) is 6.20 Å². The molecule has 0 spiro atoms. The van der Waals surface area contributed by atoms with E-state index in [1.165, 1.54) is 13.3 Å². The van der Waals surface area contributed by atoms with Crippen LogP contribution in [0.5, 0.6) is 0 Å². The first kappa shape index (κ1) is 40.5. The average molecular weight is 746 g/mol. The highest BCUT2D eigenvalue weighted by Gasteiger charge is 2.30. The summed E-state index contributed by atoms with van der Waals surface area (Å²) >= 11 is 5.19. The zero-order valence-corrected chi connectivity index (χ0v) is 31.0. The number of hydrogen-bond donors (Lipinski definition) is 10. The van der Waals surface area contributed by atoms with Crippen LogP contribution < -0.4 is 43.2 Å². The second kappa shape index (κ2) is 21.3. The molecule has 2 aromatic heterocycles. The van der Waals surface area contributed by atoms with Gasteiger partial charge in [0.05, 0.1) is 6.33 Å². The molecule has 0 saturated carbocycles. The van der Waals surface area contributed by atoms with Crippen molar-refractivity contribution in [2.45, 2.75) is 76.5 Å². The number of para-hydroxylation sites is 1. The molecule has 0 aliphatic rings. The molecule has 0 saturated heterocycles. The number of nitrogens with one attached hydrogen (secondary N) is 9. The van der Waals surface area contributed by atoms with E-state index in [9.17, 15) is 19.2 Å². The van der Waals surface area contributed by atoms with Crippen molar-refractivity contribution >= 4 is 51.9 Å². The number of aromatic amines is 2. The van der Waals surface area contributed by atoms with E-state index in [0.717, 1.165) is 22.0 Å². The molecule has 284 valence electrons. The van der Waals surface area contributed by atoms with Gasteiger partial charge in [0.1, 0.15) is 18.1 Å². The lowest BCUT2D eigenvalue weighted by molar-refractivity contribution is -0.133. The lowest BCUT2D eigenvalue weighted by Crippen LogP contribution is -2.58. The maximum atomic E-state index is 14.1. The molecule has 4 atom stereocenters. The van der Waals surface area contributed by atoms with Gasteiger partial charge in [-0.3, -0.25) is 24.6 Å². The highest BCUT2D eigenvalue weighted by atomic mass is 32.1. The van der Waals surface area contributed by atoms with Crippen LogP contribution in [0.4, 0.5) is 0 Å². The Labute approximate surface area is 314 Å². The number of H-pyrrole nitrogens is 2. The molecule has 15 nitrogen and oxygen atoms in total. The third-order valence-corrected chi connectivity index (χ3v) is 8.82. The number of fused-ring (bicyclic) bond motifs is 1. The molecule has 0 bridgehead atoms. The van der Waals surface area contributed by atoms with E-state index in [-0.39, 0.29) is 25.3 Å². The molecule has 0 aliphatic carbocycles. The molecule has 11 N–H and O–H groups in total. The molecule has 16 heteroatoms. The summed E-state index contributed by atoms with van der Waals surface area (Å²) in [6, 6.07) is 13.8. The quantitative estimate of drug-likeness (QED) is 0.0331. The van der Waals surface area contributed by atoms with Crippen LogP contribution in [0.15, 0.2) is 73.3 Å². The minimum atomic E-state index is -1.06. The lowest BCUT2D eigenvalue weighted by Gasteiger charge is -2.26. The minimum Gasteiger partial charge on any atom is -0.362 e. The number of carbonyl (C=O) groups excluding carboxylic acids is 4. The van der Waals surface area contributed by atoms with Crippen molar-refractivity contribution in [2.24, 2.45) is 5.73 Å². The molecule has 2 heterocycles. The van der Waals surface area contributed by atoms with Crippen LogP contribution in [0, 0.1) is 0 Å². The predicted octanol–water partition coefficient (Wildman–Crippen LogP) is 0.996. The van der Waals surface area contributed by atoms with Crippen LogP contribution in [0.25, 0.3) is 10.9 Å². The van der Waals surface area contributed by atoms with Crippen molar-refractivity contribution in [3.05, 3.63) is 90.1 Å². The third-order valence-electron chi connectivity index (χ3n) is 8.58. The summed E-state index contributed by atoms with van der Waals surface area (Å²) in [4.78, 5) is 64.0. The Balaban J connectivity index is 1.50. The zero-order chi connectivity index (χ0) is 38.0. The maximum Gasteiger partial charge on any atom is 0.243 e. The van der Waals surface area contributed by atoms with Gasteiger partial charge in [-0.2, -0.15) is 0 Å². The number of hydrogen-bond acceptors (Lipinski definition) is 8. The Bertz CT molecular complexity index is 1770. The van der Waals surface area contributed by atoms with Crippen LogP contribution in [-0.2, 0) is 38.4 Å². The second-order valence-electron chi connectivity index (χ2n) is 12.8. The number of hydrazine groups is 1. The molecule has 4 rings (SSSR count). The van der Waals surface area contributed by atoms with Gasteiger partial charge in [-0.05, 0) is 62.0 Å². The van der Waals surface area contributed by atoms with E-state index >= 15 is 0 Å². The molecule has 4 amide bonds. The first-order chi connectivity index (χ1) is 25.7. The summed E-state index contributed by atoms with van der Waals surface area (Å²) < 4.78 is 0. The van der Waals surface area contributed by atoms with Crippen molar-refractivity contribution in [1.82, 2.24) is 52.4 Å². The summed E-state index contributed by atoms with van der Waals surface area (Å²) in [6.45, 7) is 4.70. The number of amides is 4. The Morgan fingerprint density at radius 3 is 2.23 bits per heavy atom. The smallest absolute Gasteiger partial charge is 0.243 e. The number of imidazole rings is 1. The van der Waals surface area contributed by atoms with Gasteiger partial charge in [0, 0.05) is 74.4 Å². The molecule has 0 unspecified atom stereocenters. The monoisotopic (exact) mass is 745 g/mol. The van der Waals surface area contributed by atoms with Crippen molar-refractivity contribution in [2.75, 3.05) is 19.6 Å². The van der Waals surface area contributed by atoms with Crippen LogP contribution in [-0.4, -0.2) is 87.5 Å². The van der Waals surface area contributed by atoms with Gasteiger partial charge in [0.25, 0.3) is 0 Å². The van der Waals surface area contributed by atoms with Crippen molar-refractivity contribution in [1.29, 1.82) is 0 Å². The van der Waals surface area contributed by atoms with Crippen molar-refractivity contribution in [3.63, 3.8) is 0 Å². The zero-order valence-electron chi connectivity index (χ0n) is 30.2. The first-order valence-corrected chi connectivity index (χ1v) is 18.3. The number of nitrogens with zero attached hydrogens (tertiary/aromatic N) is 1. The highest BCUT2D eigenvalue weighted by molar-refractivity contribution is 7.80. The number of thiocarbonyl (C=S) groups is 1. The number of carbonyl (C=O) groups is 4. The molecular weight excluding hydrogens is 695 g/mol. The van der Waals surface area contributed by atoms with Gasteiger partial charge in [0.15, 0.2) is 5.11 Å². The molecule has 4 aromatic rings. The summed E-state index contributed by atoms with van der Waals surface area (Å²) in [5, 5.41) is 16.0. The molecule has 0 aliphatic heterocycles. The SMILES string of the molecule is CCNC(=S)NNCCCC[C@H](NC(=O)[C@@H](Cc1ccccc1)NC(=O)[C@H](Cc1cnc[nH]1)NC(C)=O)C(=O)N[C@H](CN)Cc1c[nH]c2ccccc12. The summed E-state index contributed by atoms with van der Waals surface area (Å²) in [5.74, 6) is -1.88. The van der Waals surface area contributed by atoms with Crippen LogP contribution in [0.1, 0.15) is 49.9 Å². The van der Waals surface area contributed by atoms with Gasteiger partial charge in [0.2, 0.25) is 23.6 Å². The first-order valence-electron chi connectivity index (χ1n) is 17.9. The van der Waals surface area contributed by atoms with Crippen LogP contribution in [0.3, 0.4) is 0 Å². The summed E-state index contributed by atoms with van der Waals surface area (Å²) in [7, 11) is 0. The number of benzene rings is 2. The third kappa shape index (κ3) is 13.3. The molecule has 0 radical (unpaired) electrons.